The van der Waals surface area contributed by atoms with E-state index in [2.05, 4.69) is 36.7 Å². The van der Waals surface area contributed by atoms with Crippen molar-refractivity contribution in [2.24, 2.45) is 5.92 Å². The summed E-state index contributed by atoms with van der Waals surface area (Å²) in [6.45, 7) is 7.44. The second-order valence-electron chi connectivity index (χ2n) is 4.01. The fraction of sp³-hybridized carbons (Fsp3) is 0.900. The van der Waals surface area contributed by atoms with E-state index in [1.165, 1.54) is 0 Å². The first-order valence-electron chi connectivity index (χ1n) is 5.02. The number of hydrogen-bond donors (Lipinski definition) is 0. The third-order valence-electron chi connectivity index (χ3n) is 2.76. The molecule has 0 bridgehead atoms. The largest absolute Gasteiger partial charge is 0.338 e. The van der Waals surface area contributed by atoms with E-state index in [-0.39, 0.29) is 10.7 Å². The Morgan fingerprint density at radius 1 is 1.62 bits per heavy atom. The van der Waals surface area contributed by atoms with Crippen LogP contribution in [0.1, 0.15) is 33.6 Å². The van der Waals surface area contributed by atoms with E-state index in [1.54, 1.807) is 0 Å². The molecule has 0 aromatic heterocycles. The molecule has 1 amide bonds. The summed E-state index contributed by atoms with van der Waals surface area (Å²) >= 11 is 3.40. The first kappa shape index (κ1) is 11.0. The van der Waals surface area contributed by atoms with Gasteiger partial charge in [0.1, 0.15) is 0 Å². The molecular weight excluding hydrogens is 230 g/mol. The van der Waals surface area contributed by atoms with Crippen LogP contribution in [-0.2, 0) is 4.79 Å². The first-order valence-corrected chi connectivity index (χ1v) is 5.94. The molecule has 3 heteroatoms. The highest BCUT2D eigenvalue weighted by Crippen LogP contribution is 2.25. The van der Waals surface area contributed by atoms with Crippen LogP contribution in [0.4, 0.5) is 0 Å². The lowest BCUT2D eigenvalue weighted by molar-refractivity contribution is -0.130. The highest BCUT2D eigenvalue weighted by molar-refractivity contribution is 9.10. The van der Waals surface area contributed by atoms with Crippen LogP contribution in [0.15, 0.2) is 0 Å². The maximum absolute atomic E-state index is 11.7. The summed E-state index contributed by atoms with van der Waals surface area (Å²) in [7, 11) is 0. The summed E-state index contributed by atoms with van der Waals surface area (Å²) in [5, 5.41) is 0. The third-order valence-corrected chi connectivity index (χ3v) is 3.61. The quantitative estimate of drug-likeness (QED) is 0.702. The van der Waals surface area contributed by atoms with E-state index in [0.29, 0.717) is 12.0 Å². The molecule has 0 saturated carbocycles. The molecule has 1 heterocycles. The predicted molar refractivity (Wildman–Crippen MR) is 58.0 cm³/mol. The summed E-state index contributed by atoms with van der Waals surface area (Å²) in [5.41, 5.74) is 0. The topological polar surface area (TPSA) is 20.3 Å². The number of rotatable bonds is 3. The molecule has 2 atom stereocenters. The van der Waals surface area contributed by atoms with Gasteiger partial charge in [-0.1, -0.05) is 36.7 Å². The summed E-state index contributed by atoms with van der Waals surface area (Å²) in [6, 6.07) is 0.426. The Labute approximate surface area is 88.8 Å². The van der Waals surface area contributed by atoms with Crippen molar-refractivity contribution in [2.75, 3.05) is 6.54 Å². The first-order chi connectivity index (χ1) is 6.07. The average molecular weight is 248 g/mol. The van der Waals surface area contributed by atoms with E-state index in [1.807, 2.05) is 4.90 Å². The fourth-order valence-corrected chi connectivity index (χ4v) is 2.51. The summed E-state index contributed by atoms with van der Waals surface area (Å²) in [4.78, 5) is 13.8. The Morgan fingerprint density at radius 3 is 2.54 bits per heavy atom. The zero-order valence-electron chi connectivity index (χ0n) is 8.59. The van der Waals surface area contributed by atoms with Gasteiger partial charge in [0.25, 0.3) is 0 Å². The molecule has 13 heavy (non-hydrogen) atoms. The van der Waals surface area contributed by atoms with Gasteiger partial charge in [0.15, 0.2) is 0 Å². The van der Waals surface area contributed by atoms with Crippen molar-refractivity contribution >= 4 is 21.8 Å². The second kappa shape index (κ2) is 4.45. The number of halogens is 1. The molecular formula is C10H18BrNO. The number of likely N-dealkylation sites (tertiary alicyclic amines) is 1. The van der Waals surface area contributed by atoms with Crippen molar-refractivity contribution in [3.8, 4) is 0 Å². The highest BCUT2D eigenvalue weighted by atomic mass is 79.9. The van der Waals surface area contributed by atoms with Gasteiger partial charge in [-0.3, -0.25) is 4.79 Å². The van der Waals surface area contributed by atoms with E-state index in [0.717, 1.165) is 19.4 Å². The Kier molecular flexibility index (Phi) is 3.77. The van der Waals surface area contributed by atoms with E-state index >= 15 is 0 Å². The van der Waals surface area contributed by atoms with Crippen molar-refractivity contribution in [3.63, 3.8) is 0 Å². The molecule has 0 radical (unpaired) electrons. The van der Waals surface area contributed by atoms with E-state index < -0.39 is 0 Å². The van der Waals surface area contributed by atoms with Crippen LogP contribution < -0.4 is 0 Å². The van der Waals surface area contributed by atoms with E-state index in [4.69, 9.17) is 0 Å². The van der Waals surface area contributed by atoms with Crippen molar-refractivity contribution < 1.29 is 4.79 Å². The van der Waals surface area contributed by atoms with Crippen LogP contribution in [0.25, 0.3) is 0 Å². The molecule has 0 N–H and O–H groups in total. The van der Waals surface area contributed by atoms with Crippen LogP contribution in [0.2, 0.25) is 0 Å². The maximum Gasteiger partial charge on any atom is 0.236 e. The molecule has 76 valence electrons. The fourth-order valence-electron chi connectivity index (χ4n) is 2.05. The van der Waals surface area contributed by atoms with Crippen molar-refractivity contribution in [1.29, 1.82) is 0 Å². The van der Waals surface area contributed by atoms with Gasteiger partial charge in [0, 0.05) is 12.6 Å². The number of alkyl halides is 1. The lowest BCUT2D eigenvalue weighted by Crippen LogP contribution is -2.40. The van der Waals surface area contributed by atoms with Crippen molar-refractivity contribution in [1.82, 2.24) is 4.90 Å². The van der Waals surface area contributed by atoms with Gasteiger partial charge in [-0.2, -0.15) is 0 Å². The summed E-state index contributed by atoms with van der Waals surface area (Å²) in [6.07, 6.45) is 2.02. The van der Waals surface area contributed by atoms with Crippen LogP contribution in [0, 0.1) is 5.92 Å². The minimum Gasteiger partial charge on any atom is -0.338 e. The number of nitrogens with zero attached hydrogens (tertiary/aromatic N) is 1. The van der Waals surface area contributed by atoms with Gasteiger partial charge >= 0.3 is 0 Å². The highest BCUT2D eigenvalue weighted by Gasteiger charge is 2.34. The molecule has 0 aromatic carbocycles. The normalized spacial score (nSPS) is 25.8. The molecule has 1 fully saturated rings. The molecule has 0 aromatic rings. The molecule has 0 aliphatic carbocycles. The van der Waals surface area contributed by atoms with Gasteiger partial charge in [-0.15, -0.1) is 0 Å². The Balaban J connectivity index is 2.65. The predicted octanol–water partition coefficient (Wildman–Crippen LogP) is 2.42. The van der Waals surface area contributed by atoms with Gasteiger partial charge in [0.2, 0.25) is 5.91 Å². The van der Waals surface area contributed by atoms with Gasteiger partial charge in [-0.05, 0) is 18.8 Å². The zero-order valence-corrected chi connectivity index (χ0v) is 10.2. The summed E-state index contributed by atoms with van der Waals surface area (Å²) < 4.78 is 0. The third kappa shape index (κ3) is 2.25. The van der Waals surface area contributed by atoms with Crippen LogP contribution in [-0.4, -0.2) is 28.2 Å². The van der Waals surface area contributed by atoms with Gasteiger partial charge in [0.05, 0.1) is 4.83 Å². The lowest BCUT2D eigenvalue weighted by atomic mass is 10.0. The molecule has 0 spiro atoms. The van der Waals surface area contributed by atoms with Crippen LogP contribution >= 0.6 is 15.9 Å². The van der Waals surface area contributed by atoms with Gasteiger partial charge < -0.3 is 4.90 Å². The van der Waals surface area contributed by atoms with Crippen molar-refractivity contribution in [3.05, 3.63) is 0 Å². The Bertz CT molecular complexity index is 193. The van der Waals surface area contributed by atoms with Crippen LogP contribution in [0.5, 0.6) is 0 Å². The van der Waals surface area contributed by atoms with E-state index in [9.17, 15) is 4.79 Å². The Morgan fingerprint density at radius 2 is 2.23 bits per heavy atom. The standard InChI is InChI=1S/C10H18BrNO/c1-4-9(7(2)3)12-6-5-8(11)10(12)13/h7-9H,4-6H2,1-3H3. The zero-order chi connectivity index (χ0) is 10.0. The molecule has 2 nitrogen and oxygen atoms in total. The number of hydrogen-bond acceptors (Lipinski definition) is 1. The summed E-state index contributed by atoms with van der Waals surface area (Å²) in [5.74, 6) is 0.840. The average Bonchev–Trinajstić information content (AvgIpc) is 2.37. The number of amides is 1. The molecule has 2 unspecified atom stereocenters. The monoisotopic (exact) mass is 247 g/mol. The Hall–Kier alpha value is -0.0500. The maximum atomic E-state index is 11.7. The number of carbonyl (C=O) groups is 1. The smallest absolute Gasteiger partial charge is 0.236 e. The van der Waals surface area contributed by atoms with Crippen LogP contribution in [0.3, 0.4) is 0 Å². The molecule has 1 aliphatic rings. The minimum absolute atomic E-state index is 0.0697. The molecule has 1 aliphatic heterocycles. The molecule has 1 rings (SSSR count). The second-order valence-corrected chi connectivity index (χ2v) is 5.11. The lowest BCUT2D eigenvalue weighted by Gasteiger charge is -2.30. The SMILES string of the molecule is CCC(C(C)C)N1CCC(Br)C1=O. The van der Waals surface area contributed by atoms with Crippen molar-refractivity contribution in [2.45, 2.75) is 44.5 Å². The van der Waals surface area contributed by atoms with Gasteiger partial charge in [-0.25, -0.2) is 0 Å². The molecule has 1 saturated heterocycles. The minimum atomic E-state index is 0.0697. The number of carbonyl (C=O) groups excluding carboxylic acids is 1.